The third-order valence-electron chi connectivity index (χ3n) is 4.01. The van der Waals surface area contributed by atoms with E-state index in [2.05, 4.69) is 10.5 Å². The average molecular weight is 370 g/mol. The fourth-order valence-corrected chi connectivity index (χ4v) is 2.44. The molecule has 0 fully saturated rings. The van der Waals surface area contributed by atoms with Crippen LogP contribution in [0.1, 0.15) is 27.4 Å². The first-order valence-corrected chi connectivity index (χ1v) is 8.31. The Morgan fingerprint density at radius 1 is 1.11 bits per heavy atom. The predicted molar refractivity (Wildman–Crippen MR) is 96.1 cm³/mol. The van der Waals surface area contributed by atoms with Gasteiger partial charge in [0.25, 0.3) is 5.91 Å². The molecule has 1 N–H and O–H groups in total. The van der Waals surface area contributed by atoms with Crippen molar-refractivity contribution in [1.29, 1.82) is 0 Å². The minimum atomic E-state index is -0.385. The van der Waals surface area contributed by atoms with E-state index in [0.717, 1.165) is 11.3 Å². The molecule has 0 bridgehead atoms. The topological polar surface area (TPSA) is 73.6 Å². The van der Waals surface area contributed by atoms with E-state index in [1.165, 1.54) is 12.1 Å². The standard InChI is InChI=1S/C20H19FN2O4/c1-13-18(12-26-17-9-7-16(25-2)8-10-17)19(23-27-13)20(24)22-11-14-3-5-15(21)6-4-14/h3-10H,11-12H2,1-2H3,(H,22,24). The molecule has 2 aromatic carbocycles. The van der Waals surface area contributed by atoms with Crippen LogP contribution in [0.3, 0.4) is 0 Å². The maximum absolute atomic E-state index is 12.9. The van der Waals surface area contributed by atoms with Crippen molar-refractivity contribution in [2.45, 2.75) is 20.1 Å². The largest absolute Gasteiger partial charge is 0.497 e. The number of amides is 1. The Morgan fingerprint density at radius 3 is 2.44 bits per heavy atom. The Kier molecular flexibility index (Phi) is 5.71. The highest BCUT2D eigenvalue weighted by atomic mass is 19.1. The second-order valence-corrected chi connectivity index (χ2v) is 5.84. The summed E-state index contributed by atoms with van der Waals surface area (Å²) in [6, 6.07) is 13.0. The van der Waals surface area contributed by atoms with Gasteiger partial charge in [-0.2, -0.15) is 0 Å². The number of aromatic nitrogens is 1. The number of rotatable bonds is 7. The van der Waals surface area contributed by atoms with Crippen molar-refractivity contribution in [3.05, 3.63) is 76.9 Å². The molecule has 3 rings (SSSR count). The van der Waals surface area contributed by atoms with Gasteiger partial charge in [-0.3, -0.25) is 4.79 Å². The molecule has 0 atom stereocenters. The smallest absolute Gasteiger partial charge is 0.274 e. The molecule has 0 saturated carbocycles. The third kappa shape index (κ3) is 4.63. The van der Waals surface area contributed by atoms with Crippen LogP contribution in [0.5, 0.6) is 11.5 Å². The molecule has 6 nitrogen and oxygen atoms in total. The summed E-state index contributed by atoms with van der Waals surface area (Å²) in [5.74, 6) is 1.16. The highest BCUT2D eigenvalue weighted by Gasteiger charge is 2.20. The van der Waals surface area contributed by atoms with E-state index in [-0.39, 0.29) is 30.6 Å². The van der Waals surface area contributed by atoms with Crippen LogP contribution in [0.25, 0.3) is 0 Å². The molecule has 0 aliphatic carbocycles. The second-order valence-electron chi connectivity index (χ2n) is 5.84. The van der Waals surface area contributed by atoms with Crippen LogP contribution >= 0.6 is 0 Å². The van der Waals surface area contributed by atoms with E-state index in [1.54, 1.807) is 50.4 Å². The first-order chi connectivity index (χ1) is 13.1. The van der Waals surface area contributed by atoms with Crippen LogP contribution in [0.15, 0.2) is 53.1 Å². The Bertz CT molecular complexity index is 905. The second kappa shape index (κ2) is 8.35. The molecule has 27 heavy (non-hydrogen) atoms. The number of nitrogens with zero attached hydrogens (tertiary/aromatic N) is 1. The lowest BCUT2D eigenvalue weighted by molar-refractivity contribution is 0.0939. The maximum atomic E-state index is 12.9. The number of benzene rings is 2. The van der Waals surface area contributed by atoms with Gasteiger partial charge >= 0.3 is 0 Å². The molecule has 7 heteroatoms. The predicted octanol–water partition coefficient (Wildman–Crippen LogP) is 3.64. The molecule has 0 radical (unpaired) electrons. The summed E-state index contributed by atoms with van der Waals surface area (Å²) < 4.78 is 28.9. The van der Waals surface area contributed by atoms with Gasteiger partial charge in [-0.25, -0.2) is 4.39 Å². The first kappa shape index (κ1) is 18.4. The maximum Gasteiger partial charge on any atom is 0.274 e. The summed E-state index contributed by atoms with van der Waals surface area (Å²) in [5, 5.41) is 6.58. The van der Waals surface area contributed by atoms with Gasteiger partial charge in [-0.05, 0) is 48.9 Å². The fraction of sp³-hybridized carbons (Fsp3) is 0.200. The van der Waals surface area contributed by atoms with Gasteiger partial charge < -0.3 is 19.3 Å². The van der Waals surface area contributed by atoms with E-state index >= 15 is 0 Å². The number of carbonyl (C=O) groups is 1. The minimum Gasteiger partial charge on any atom is -0.497 e. The Balaban J connectivity index is 1.64. The summed E-state index contributed by atoms with van der Waals surface area (Å²) >= 11 is 0. The summed E-state index contributed by atoms with van der Waals surface area (Å²) in [5.41, 5.74) is 1.52. The van der Waals surface area contributed by atoms with Gasteiger partial charge in [0.2, 0.25) is 0 Å². The first-order valence-electron chi connectivity index (χ1n) is 8.31. The minimum absolute atomic E-state index is 0.140. The lowest BCUT2D eigenvalue weighted by Gasteiger charge is -2.08. The van der Waals surface area contributed by atoms with E-state index in [9.17, 15) is 9.18 Å². The van der Waals surface area contributed by atoms with E-state index in [1.807, 2.05) is 0 Å². The zero-order valence-corrected chi connectivity index (χ0v) is 15.0. The number of halogens is 1. The summed E-state index contributed by atoms with van der Waals surface area (Å²) in [6.07, 6.45) is 0. The van der Waals surface area contributed by atoms with Crippen LogP contribution in [0.4, 0.5) is 4.39 Å². The van der Waals surface area contributed by atoms with Crippen LogP contribution in [0, 0.1) is 12.7 Å². The summed E-state index contributed by atoms with van der Waals surface area (Å²) in [4.78, 5) is 12.4. The molecule has 0 spiro atoms. The van der Waals surface area contributed by atoms with Gasteiger partial charge in [-0.1, -0.05) is 17.3 Å². The van der Waals surface area contributed by atoms with Crippen molar-refractivity contribution < 1.29 is 23.2 Å². The molecule has 0 saturated heterocycles. The number of nitrogens with one attached hydrogen (secondary N) is 1. The molecule has 0 aliphatic rings. The van der Waals surface area contributed by atoms with E-state index in [0.29, 0.717) is 17.1 Å². The molecule has 1 heterocycles. The van der Waals surface area contributed by atoms with Crippen molar-refractivity contribution in [3.8, 4) is 11.5 Å². The van der Waals surface area contributed by atoms with Crippen LogP contribution < -0.4 is 14.8 Å². The summed E-state index contributed by atoms with van der Waals surface area (Å²) in [6.45, 7) is 2.11. The number of carbonyl (C=O) groups excluding carboxylic acids is 1. The fourth-order valence-electron chi connectivity index (χ4n) is 2.44. The van der Waals surface area contributed by atoms with Crippen molar-refractivity contribution in [2.24, 2.45) is 0 Å². The molecule has 0 aliphatic heterocycles. The number of ether oxygens (including phenoxy) is 2. The third-order valence-corrected chi connectivity index (χ3v) is 4.01. The lowest BCUT2D eigenvalue weighted by atomic mass is 10.2. The van der Waals surface area contributed by atoms with Crippen molar-refractivity contribution in [2.75, 3.05) is 7.11 Å². The number of methoxy groups -OCH3 is 1. The quantitative estimate of drug-likeness (QED) is 0.687. The van der Waals surface area contributed by atoms with Gasteiger partial charge in [0.05, 0.1) is 12.7 Å². The summed E-state index contributed by atoms with van der Waals surface area (Å²) in [7, 11) is 1.59. The zero-order chi connectivity index (χ0) is 19.2. The van der Waals surface area contributed by atoms with Crippen molar-refractivity contribution in [3.63, 3.8) is 0 Å². The molecule has 140 valence electrons. The normalized spacial score (nSPS) is 10.5. The molecule has 1 aromatic heterocycles. The van der Waals surface area contributed by atoms with Crippen LogP contribution in [0.2, 0.25) is 0 Å². The number of hydrogen-bond acceptors (Lipinski definition) is 5. The lowest BCUT2D eigenvalue weighted by Crippen LogP contribution is -2.24. The average Bonchev–Trinajstić information content (AvgIpc) is 3.06. The molecular weight excluding hydrogens is 351 g/mol. The molecular formula is C20H19FN2O4. The van der Waals surface area contributed by atoms with E-state index < -0.39 is 0 Å². The highest BCUT2D eigenvalue weighted by molar-refractivity contribution is 5.93. The van der Waals surface area contributed by atoms with Crippen molar-refractivity contribution in [1.82, 2.24) is 10.5 Å². The van der Waals surface area contributed by atoms with Crippen LogP contribution in [-0.4, -0.2) is 18.2 Å². The number of aryl methyl sites for hydroxylation is 1. The zero-order valence-electron chi connectivity index (χ0n) is 15.0. The van der Waals surface area contributed by atoms with Crippen molar-refractivity contribution >= 4 is 5.91 Å². The number of hydrogen-bond donors (Lipinski definition) is 1. The monoisotopic (exact) mass is 370 g/mol. The van der Waals surface area contributed by atoms with Gasteiger partial charge in [0.15, 0.2) is 5.69 Å². The highest BCUT2D eigenvalue weighted by Crippen LogP contribution is 2.20. The van der Waals surface area contributed by atoms with E-state index in [4.69, 9.17) is 14.0 Å². The Morgan fingerprint density at radius 2 is 1.78 bits per heavy atom. The molecule has 1 amide bonds. The van der Waals surface area contributed by atoms with Gasteiger partial charge in [-0.15, -0.1) is 0 Å². The van der Waals surface area contributed by atoms with Gasteiger partial charge in [0, 0.05) is 6.54 Å². The SMILES string of the molecule is COc1ccc(OCc2c(C(=O)NCc3ccc(F)cc3)noc2C)cc1. The molecule has 3 aromatic rings. The van der Waals surface area contributed by atoms with Crippen LogP contribution in [-0.2, 0) is 13.2 Å². The Hall–Kier alpha value is -3.35. The molecule has 0 unspecified atom stereocenters. The Labute approximate surface area is 155 Å². The van der Waals surface area contributed by atoms with Gasteiger partial charge in [0.1, 0.15) is 29.7 Å².